The summed E-state index contributed by atoms with van der Waals surface area (Å²) in [7, 11) is 0.734. The zero-order chi connectivity index (χ0) is 15.4. The Balaban J connectivity index is 1.85. The van der Waals surface area contributed by atoms with Crippen LogP contribution in [0.3, 0.4) is 0 Å². The third-order valence-corrected chi connectivity index (χ3v) is 5.18. The van der Waals surface area contributed by atoms with Crippen molar-refractivity contribution in [2.24, 2.45) is 0 Å². The van der Waals surface area contributed by atoms with Crippen molar-refractivity contribution >= 4 is 19.2 Å². The van der Waals surface area contributed by atoms with Crippen LogP contribution < -0.4 is 10.6 Å². The average Bonchev–Trinajstić information content (AvgIpc) is 2.53. The van der Waals surface area contributed by atoms with Gasteiger partial charge in [-0.2, -0.15) is 0 Å². The molecule has 1 heteroatoms. The molecule has 0 aliphatic carbocycles. The Morgan fingerprint density at radius 3 is 1.82 bits per heavy atom. The lowest BCUT2D eigenvalue weighted by molar-refractivity contribution is 1.13. The summed E-state index contributed by atoms with van der Waals surface area (Å²) < 4.78 is 0. The topological polar surface area (TPSA) is 0 Å². The van der Waals surface area contributed by atoms with Crippen molar-refractivity contribution in [2.75, 3.05) is 0 Å². The predicted molar refractivity (Wildman–Crippen MR) is 99.2 cm³/mol. The van der Waals surface area contributed by atoms with Gasteiger partial charge in [-0.1, -0.05) is 81.4 Å². The van der Waals surface area contributed by atoms with Crippen molar-refractivity contribution in [3.8, 4) is 0 Å². The van der Waals surface area contributed by atoms with Crippen molar-refractivity contribution in [1.29, 1.82) is 0 Å². The Labute approximate surface area is 135 Å². The van der Waals surface area contributed by atoms with Crippen LogP contribution in [0.15, 0.2) is 72.8 Å². The highest BCUT2D eigenvalue weighted by molar-refractivity contribution is 7.55. The second kappa shape index (κ2) is 6.90. The molecule has 110 valence electrons. The van der Waals surface area contributed by atoms with E-state index in [0.717, 1.165) is 15.0 Å². The van der Waals surface area contributed by atoms with Crippen LogP contribution in [-0.2, 0) is 6.42 Å². The van der Waals surface area contributed by atoms with E-state index in [1.165, 1.54) is 32.9 Å². The number of hydrogen-bond donors (Lipinski definition) is 0. The first-order valence-electron chi connectivity index (χ1n) is 7.68. The third kappa shape index (κ3) is 3.64. The molecule has 0 aliphatic heterocycles. The predicted octanol–water partition coefficient (Wildman–Crippen LogP) is 4.52. The summed E-state index contributed by atoms with van der Waals surface area (Å²) in [5, 5.41) is 2.83. The summed E-state index contributed by atoms with van der Waals surface area (Å²) in [6.45, 7) is 4.48. The van der Waals surface area contributed by atoms with E-state index in [9.17, 15) is 0 Å². The second-order valence-corrected chi connectivity index (χ2v) is 7.15. The molecule has 0 saturated heterocycles. The molecule has 0 spiro atoms. The van der Waals surface area contributed by atoms with E-state index in [1.54, 1.807) is 0 Å². The van der Waals surface area contributed by atoms with Gasteiger partial charge in [0.2, 0.25) is 0 Å². The van der Waals surface area contributed by atoms with Crippen molar-refractivity contribution in [3.63, 3.8) is 0 Å². The number of aryl methyl sites for hydroxylation is 2. The molecule has 3 aromatic carbocycles. The molecule has 0 N–H and O–H groups in total. The summed E-state index contributed by atoms with van der Waals surface area (Å²) in [4.78, 5) is 0. The van der Waals surface area contributed by atoms with Crippen molar-refractivity contribution in [2.45, 2.75) is 20.3 Å². The highest BCUT2D eigenvalue weighted by Crippen LogP contribution is 2.20. The van der Waals surface area contributed by atoms with Gasteiger partial charge in [-0.15, -0.1) is 0 Å². The molecule has 0 heterocycles. The van der Waals surface area contributed by atoms with Crippen molar-refractivity contribution in [1.82, 2.24) is 0 Å². The van der Waals surface area contributed by atoms with Gasteiger partial charge >= 0.3 is 0 Å². The normalized spacial score (nSPS) is 11.2. The molecule has 22 heavy (non-hydrogen) atoms. The fourth-order valence-corrected chi connectivity index (χ4v) is 4.10. The molecule has 0 fully saturated rings. The lowest BCUT2D eigenvalue weighted by atomic mass is 9.96. The van der Waals surface area contributed by atoms with Gasteiger partial charge in [0.05, 0.1) is 0 Å². The second-order valence-electron chi connectivity index (χ2n) is 5.74. The lowest BCUT2D eigenvalue weighted by Gasteiger charge is -2.13. The highest BCUT2D eigenvalue weighted by Gasteiger charge is 2.07. The molecule has 0 nitrogen and oxygen atoms in total. The molecule has 0 saturated carbocycles. The van der Waals surface area contributed by atoms with Gasteiger partial charge in [0.1, 0.15) is 0 Å². The first kappa shape index (κ1) is 15.0. The SMILES string of the molecule is Cc1cc(Pc2ccccc2)cc(C)c1Cc1ccccc1. The number of rotatable bonds is 4. The largest absolute Gasteiger partial charge is 0.0622 e. The van der Waals surface area contributed by atoms with Gasteiger partial charge in [0, 0.05) is 0 Å². The van der Waals surface area contributed by atoms with Crippen LogP contribution in [0, 0.1) is 13.8 Å². The molecule has 3 rings (SSSR count). The Bertz CT molecular complexity index is 722. The van der Waals surface area contributed by atoms with E-state index in [1.807, 2.05) is 0 Å². The smallest absolute Gasteiger partial charge is 0.00205 e. The van der Waals surface area contributed by atoms with Crippen LogP contribution in [0.25, 0.3) is 0 Å². The zero-order valence-corrected chi connectivity index (χ0v) is 14.1. The summed E-state index contributed by atoms with van der Waals surface area (Å²) in [5.74, 6) is 0. The number of hydrogen-bond acceptors (Lipinski definition) is 0. The minimum Gasteiger partial charge on any atom is -0.0622 e. The van der Waals surface area contributed by atoms with E-state index in [-0.39, 0.29) is 0 Å². The van der Waals surface area contributed by atoms with Gasteiger partial charge in [-0.3, -0.25) is 0 Å². The molecule has 3 aromatic rings. The summed E-state index contributed by atoms with van der Waals surface area (Å²) in [6, 6.07) is 26.2. The lowest BCUT2D eigenvalue weighted by Crippen LogP contribution is -2.07. The Hall–Kier alpha value is -1.91. The van der Waals surface area contributed by atoms with E-state index < -0.39 is 0 Å². The zero-order valence-electron chi connectivity index (χ0n) is 13.1. The molecule has 1 unspecified atom stereocenters. The highest BCUT2D eigenvalue weighted by atomic mass is 31.1. The Kier molecular flexibility index (Phi) is 4.71. The van der Waals surface area contributed by atoms with Crippen LogP contribution in [0.5, 0.6) is 0 Å². The quantitative estimate of drug-likeness (QED) is 0.622. The van der Waals surface area contributed by atoms with Gasteiger partial charge in [0.15, 0.2) is 0 Å². The standard InChI is InChI=1S/C21H21P/c1-16-13-20(22-19-11-7-4-8-12-19)14-17(2)21(16)15-18-9-5-3-6-10-18/h3-14,22H,15H2,1-2H3. The van der Waals surface area contributed by atoms with E-state index in [0.29, 0.717) is 0 Å². The fourth-order valence-electron chi connectivity index (χ4n) is 2.83. The first-order chi connectivity index (χ1) is 10.7. The third-order valence-electron chi connectivity index (χ3n) is 3.98. The monoisotopic (exact) mass is 304 g/mol. The number of benzene rings is 3. The maximum Gasteiger partial charge on any atom is -0.00205 e. The Morgan fingerprint density at radius 1 is 0.682 bits per heavy atom. The van der Waals surface area contributed by atoms with Crippen LogP contribution in [0.2, 0.25) is 0 Å². The minimum absolute atomic E-state index is 0.734. The van der Waals surface area contributed by atoms with Crippen molar-refractivity contribution in [3.05, 3.63) is 95.1 Å². The summed E-state index contributed by atoms with van der Waals surface area (Å²) in [5.41, 5.74) is 5.66. The van der Waals surface area contributed by atoms with Crippen LogP contribution in [-0.4, -0.2) is 0 Å². The Morgan fingerprint density at radius 2 is 1.23 bits per heavy atom. The van der Waals surface area contributed by atoms with Gasteiger partial charge < -0.3 is 0 Å². The first-order valence-corrected chi connectivity index (χ1v) is 8.68. The molecular formula is C21H21P. The van der Waals surface area contributed by atoms with Gasteiger partial charge in [-0.25, -0.2) is 0 Å². The fraction of sp³-hybridized carbons (Fsp3) is 0.143. The average molecular weight is 304 g/mol. The summed E-state index contributed by atoms with van der Waals surface area (Å²) >= 11 is 0. The maximum atomic E-state index is 2.36. The maximum absolute atomic E-state index is 2.36. The summed E-state index contributed by atoms with van der Waals surface area (Å²) in [6.07, 6.45) is 1.02. The van der Waals surface area contributed by atoms with Crippen molar-refractivity contribution < 1.29 is 0 Å². The van der Waals surface area contributed by atoms with Gasteiger partial charge in [0.25, 0.3) is 0 Å². The molecule has 0 radical (unpaired) electrons. The van der Waals surface area contributed by atoms with Crippen LogP contribution >= 0.6 is 8.58 Å². The van der Waals surface area contributed by atoms with E-state index in [4.69, 9.17) is 0 Å². The molecule has 0 aliphatic rings. The molecular weight excluding hydrogens is 283 g/mol. The van der Waals surface area contributed by atoms with Crippen LogP contribution in [0.1, 0.15) is 22.3 Å². The van der Waals surface area contributed by atoms with E-state index >= 15 is 0 Å². The molecule has 0 bridgehead atoms. The minimum atomic E-state index is 0.734. The molecule has 0 aromatic heterocycles. The van der Waals surface area contributed by atoms with Crippen LogP contribution in [0.4, 0.5) is 0 Å². The van der Waals surface area contributed by atoms with Gasteiger partial charge in [-0.05, 0) is 53.1 Å². The molecule has 0 amide bonds. The molecule has 1 atom stereocenters. The van der Waals surface area contributed by atoms with E-state index in [2.05, 4.69) is 86.6 Å².